The molecule has 1 unspecified atom stereocenters. The van der Waals surface area contributed by atoms with Gasteiger partial charge in [0.1, 0.15) is 5.69 Å². The molecule has 37 heavy (non-hydrogen) atoms. The van der Waals surface area contributed by atoms with E-state index in [1.54, 1.807) is 25.8 Å². The fourth-order valence-electron chi connectivity index (χ4n) is 4.27. The highest BCUT2D eigenvalue weighted by atomic mass is 16.4. The van der Waals surface area contributed by atoms with E-state index < -0.39 is 23.3 Å². The minimum atomic E-state index is -1.05. The number of hydrogen-bond acceptors (Lipinski definition) is 4. The third kappa shape index (κ3) is 7.52. The van der Waals surface area contributed by atoms with E-state index in [-0.39, 0.29) is 23.7 Å². The highest BCUT2D eigenvalue weighted by molar-refractivity contribution is 5.97. The first kappa shape index (κ1) is 27.6. The number of aromatic nitrogens is 2. The number of aliphatic carboxylic acids is 1. The summed E-state index contributed by atoms with van der Waals surface area (Å²) in [6.45, 7) is 7.90. The van der Waals surface area contributed by atoms with Gasteiger partial charge in [-0.1, -0.05) is 68.4 Å². The van der Waals surface area contributed by atoms with Gasteiger partial charge in [0.05, 0.1) is 5.41 Å². The average molecular weight is 505 g/mol. The molecule has 1 heterocycles. The maximum atomic E-state index is 13.1. The normalized spacial score (nSPS) is 12.3. The lowest BCUT2D eigenvalue weighted by Crippen LogP contribution is -2.41. The highest BCUT2D eigenvalue weighted by Gasteiger charge is 2.32. The van der Waals surface area contributed by atoms with Crippen LogP contribution in [0.25, 0.3) is 11.1 Å². The van der Waals surface area contributed by atoms with Gasteiger partial charge < -0.3 is 15.3 Å². The largest absolute Gasteiger partial charge is 0.481 e. The Hall–Kier alpha value is -3.94. The number of aromatic amines is 1. The SMILES string of the molecule is CC(C)CN(C)C(=O)c1cc(C(=O)NC(Cc2ccc(-c3ccccc3)cc2)CC(C)(C)C(=O)O)n[nH]1. The van der Waals surface area contributed by atoms with Gasteiger partial charge in [-0.2, -0.15) is 5.10 Å². The zero-order valence-electron chi connectivity index (χ0n) is 22.1. The van der Waals surface area contributed by atoms with Crippen molar-refractivity contribution >= 4 is 17.8 Å². The smallest absolute Gasteiger partial charge is 0.309 e. The third-order valence-electron chi connectivity index (χ3n) is 6.24. The van der Waals surface area contributed by atoms with Crippen molar-refractivity contribution in [3.63, 3.8) is 0 Å². The van der Waals surface area contributed by atoms with Crippen LogP contribution in [0.4, 0.5) is 0 Å². The summed E-state index contributed by atoms with van der Waals surface area (Å²) in [5.41, 5.74) is 2.42. The van der Waals surface area contributed by atoms with Gasteiger partial charge in [0.2, 0.25) is 0 Å². The van der Waals surface area contributed by atoms with Gasteiger partial charge in [-0.25, -0.2) is 0 Å². The zero-order valence-corrected chi connectivity index (χ0v) is 22.1. The van der Waals surface area contributed by atoms with Crippen LogP contribution >= 0.6 is 0 Å². The zero-order chi connectivity index (χ0) is 27.2. The molecular weight excluding hydrogens is 468 g/mol. The molecule has 0 radical (unpaired) electrons. The molecule has 196 valence electrons. The number of amides is 2. The number of carbonyl (C=O) groups excluding carboxylic acids is 2. The number of hydrogen-bond donors (Lipinski definition) is 3. The molecule has 8 nitrogen and oxygen atoms in total. The molecule has 0 bridgehead atoms. The molecule has 0 aliphatic carbocycles. The number of carbonyl (C=O) groups is 3. The second kappa shape index (κ2) is 11.9. The summed E-state index contributed by atoms with van der Waals surface area (Å²) >= 11 is 0. The molecule has 2 aromatic carbocycles. The van der Waals surface area contributed by atoms with Crippen LogP contribution in [0, 0.1) is 11.3 Å². The summed E-state index contributed by atoms with van der Waals surface area (Å²) in [7, 11) is 1.70. The summed E-state index contributed by atoms with van der Waals surface area (Å²) in [5.74, 6) is -1.34. The van der Waals surface area contributed by atoms with E-state index in [9.17, 15) is 19.5 Å². The van der Waals surface area contributed by atoms with Crippen molar-refractivity contribution in [3.8, 4) is 11.1 Å². The van der Waals surface area contributed by atoms with Crippen molar-refractivity contribution in [2.45, 2.75) is 46.6 Å². The lowest BCUT2D eigenvalue weighted by molar-refractivity contribution is -0.147. The van der Waals surface area contributed by atoms with Gasteiger partial charge in [-0.15, -0.1) is 0 Å². The monoisotopic (exact) mass is 504 g/mol. The second-order valence-electron chi connectivity index (χ2n) is 10.6. The molecule has 0 saturated heterocycles. The average Bonchev–Trinajstić information content (AvgIpc) is 3.34. The van der Waals surface area contributed by atoms with Crippen molar-refractivity contribution in [3.05, 3.63) is 77.6 Å². The quantitative estimate of drug-likeness (QED) is 0.352. The highest BCUT2D eigenvalue weighted by Crippen LogP contribution is 2.26. The number of rotatable bonds is 11. The summed E-state index contributed by atoms with van der Waals surface area (Å²) in [4.78, 5) is 39.1. The van der Waals surface area contributed by atoms with Crippen LogP contribution in [-0.2, 0) is 11.2 Å². The molecule has 0 aliphatic heterocycles. The number of benzene rings is 2. The van der Waals surface area contributed by atoms with Gasteiger partial charge in [0, 0.05) is 25.7 Å². The molecule has 1 atom stereocenters. The Labute approximate surface area is 218 Å². The number of nitrogens with one attached hydrogen (secondary N) is 2. The summed E-state index contributed by atoms with van der Waals surface area (Å²) in [5, 5.41) is 19.3. The van der Waals surface area contributed by atoms with Crippen molar-refractivity contribution in [1.29, 1.82) is 0 Å². The summed E-state index contributed by atoms with van der Waals surface area (Å²) in [6.07, 6.45) is 0.673. The molecule has 8 heteroatoms. The van der Waals surface area contributed by atoms with E-state index in [4.69, 9.17) is 0 Å². The predicted octanol–water partition coefficient (Wildman–Crippen LogP) is 4.65. The minimum Gasteiger partial charge on any atom is -0.481 e. The fourth-order valence-corrected chi connectivity index (χ4v) is 4.27. The maximum absolute atomic E-state index is 13.1. The molecule has 3 N–H and O–H groups in total. The molecule has 3 rings (SSSR count). The number of H-pyrrole nitrogens is 1. The Morgan fingerprint density at radius 2 is 1.65 bits per heavy atom. The Kier molecular flexibility index (Phi) is 8.86. The first-order valence-corrected chi connectivity index (χ1v) is 12.5. The lowest BCUT2D eigenvalue weighted by atomic mass is 9.83. The van der Waals surface area contributed by atoms with E-state index in [1.165, 1.54) is 6.07 Å². The van der Waals surface area contributed by atoms with Gasteiger partial charge in [0.15, 0.2) is 5.69 Å². The van der Waals surface area contributed by atoms with Gasteiger partial charge in [-0.3, -0.25) is 19.5 Å². The van der Waals surface area contributed by atoms with Gasteiger partial charge in [0.25, 0.3) is 11.8 Å². The molecule has 0 fully saturated rings. The van der Waals surface area contributed by atoms with Crippen LogP contribution in [0.15, 0.2) is 60.7 Å². The van der Waals surface area contributed by atoms with E-state index in [0.29, 0.717) is 18.9 Å². The minimum absolute atomic E-state index is 0.0823. The van der Waals surface area contributed by atoms with E-state index >= 15 is 0 Å². The predicted molar refractivity (Wildman–Crippen MR) is 143 cm³/mol. The first-order valence-electron chi connectivity index (χ1n) is 12.5. The van der Waals surface area contributed by atoms with Crippen molar-refractivity contribution < 1.29 is 19.5 Å². The summed E-state index contributed by atoms with van der Waals surface area (Å²) in [6, 6.07) is 19.0. The molecule has 0 saturated carbocycles. The second-order valence-corrected chi connectivity index (χ2v) is 10.6. The Morgan fingerprint density at radius 3 is 2.24 bits per heavy atom. The number of carboxylic acid groups (broad SMARTS) is 1. The molecule has 0 aliphatic rings. The van der Waals surface area contributed by atoms with Crippen LogP contribution in [0.2, 0.25) is 0 Å². The molecule has 3 aromatic rings. The Balaban J connectivity index is 1.75. The van der Waals surface area contributed by atoms with Crippen LogP contribution < -0.4 is 5.32 Å². The molecule has 0 spiro atoms. The Bertz CT molecular complexity index is 1220. The van der Waals surface area contributed by atoms with Crippen LogP contribution in [0.3, 0.4) is 0 Å². The Morgan fingerprint density at radius 1 is 1.03 bits per heavy atom. The standard InChI is InChI=1S/C29H36N4O4/c1-19(2)18-33(5)27(35)25-16-24(31-32-25)26(34)30-23(17-29(3,4)28(36)37)15-20-11-13-22(14-12-20)21-9-7-6-8-10-21/h6-14,16,19,23H,15,17-18H2,1-5H3,(H,30,34)(H,31,32)(H,36,37). The van der Waals surface area contributed by atoms with Crippen molar-refractivity contribution in [1.82, 2.24) is 20.4 Å². The maximum Gasteiger partial charge on any atom is 0.309 e. The van der Waals surface area contributed by atoms with E-state index in [1.807, 2.05) is 68.4 Å². The lowest BCUT2D eigenvalue weighted by Gasteiger charge is -2.27. The number of carboxylic acids is 1. The van der Waals surface area contributed by atoms with Crippen LogP contribution in [0.1, 0.15) is 60.7 Å². The van der Waals surface area contributed by atoms with Crippen LogP contribution in [0.5, 0.6) is 0 Å². The first-order chi connectivity index (χ1) is 17.5. The van der Waals surface area contributed by atoms with E-state index in [2.05, 4.69) is 15.5 Å². The van der Waals surface area contributed by atoms with Gasteiger partial charge in [-0.05, 0) is 49.3 Å². The van der Waals surface area contributed by atoms with Crippen LogP contribution in [-0.4, -0.2) is 57.6 Å². The number of nitrogens with zero attached hydrogens (tertiary/aromatic N) is 2. The molecule has 2 amide bonds. The van der Waals surface area contributed by atoms with Crippen molar-refractivity contribution in [2.75, 3.05) is 13.6 Å². The molecule has 1 aromatic heterocycles. The molecular formula is C29H36N4O4. The van der Waals surface area contributed by atoms with E-state index in [0.717, 1.165) is 16.7 Å². The summed E-state index contributed by atoms with van der Waals surface area (Å²) < 4.78 is 0. The third-order valence-corrected chi connectivity index (χ3v) is 6.24. The van der Waals surface area contributed by atoms with Crippen molar-refractivity contribution in [2.24, 2.45) is 11.3 Å². The van der Waals surface area contributed by atoms with Gasteiger partial charge >= 0.3 is 5.97 Å². The topological polar surface area (TPSA) is 115 Å². The fraction of sp³-hybridized carbons (Fsp3) is 0.379.